The molecule has 9 nitrogen and oxygen atoms in total. The minimum atomic E-state index is -0.329. The summed E-state index contributed by atoms with van der Waals surface area (Å²) in [6, 6.07) is 5.64. The first-order valence-electron chi connectivity index (χ1n) is 9.43. The third-order valence-corrected chi connectivity index (χ3v) is 4.60. The number of H-pyrrole nitrogens is 1. The largest absolute Gasteiger partial charge is 0.454 e. The molecular formula is C20H24N4O5. The number of aromatic nitrogens is 4. The quantitative estimate of drug-likeness (QED) is 0.676. The van der Waals surface area contributed by atoms with Gasteiger partial charge in [0.25, 0.3) is 5.56 Å². The Bertz CT molecular complexity index is 1170. The molecule has 3 aromatic rings. The van der Waals surface area contributed by atoms with Crippen molar-refractivity contribution < 1.29 is 14.9 Å². The molecule has 0 atom stereocenters. The molecule has 4 rings (SSSR count). The number of nitrogens with one attached hydrogen (secondary N) is 1. The van der Waals surface area contributed by atoms with Gasteiger partial charge in [0.15, 0.2) is 17.1 Å². The molecule has 0 unspecified atom stereocenters. The molecule has 1 aromatic carbocycles. The average Bonchev–Trinajstić information content (AvgIpc) is 3.33. The Morgan fingerprint density at radius 1 is 1.07 bits per heavy atom. The Labute approximate surface area is 166 Å². The number of ether oxygens (including phenoxy) is 2. The van der Waals surface area contributed by atoms with E-state index >= 15 is 0 Å². The summed E-state index contributed by atoms with van der Waals surface area (Å²) < 4.78 is 13.5. The Morgan fingerprint density at radius 3 is 2.55 bits per heavy atom. The van der Waals surface area contributed by atoms with Gasteiger partial charge in [-0.05, 0) is 36.6 Å². The smallest absolute Gasteiger partial charge is 0.332 e. The van der Waals surface area contributed by atoms with E-state index in [1.54, 1.807) is 10.6 Å². The average molecular weight is 400 g/mol. The van der Waals surface area contributed by atoms with E-state index in [2.05, 4.69) is 9.97 Å². The number of rotatable bonds is 6. The molecule has 0 amide bonds. The van der Waals surface area contributed by atoms with E-state index in [1.807, 2.05) is 38.1 Å². The van der Waals surface area contributed by atoms with E-state index in [-0.39, 0.29) is 23.5 Å². The second kappa shape index (κ2) is 8.36. The highest BCUT2D eigenvalue weighted by atomic mass is 16.7. The Morgan fingerprint density at radius 2 is 1.79 bits per heavy atom. The van der Waals surface area contributed by atoms with Crippen LogP contribution < -0.4 is 20.7 Å². The molecule has 0 aliphatic carbocycles. The maximum Gasteiger partial charge on any atom is 0.332 e. The van der Waals surface area contributed by atoms with Crippen LogP contribution in [0.3, 0.4) is 0 Å². The molecule has 0 spiro atoms. The maximum absolute atomic E-state index is 12.7. The van der Waals surface area contributed by atoms with Crippen LogP contribution in [-0.4, -0.2) is 31.4 Å². The minimum absolute atomic E-state index is 0. The molecular weight excluding hydrogens is 376 g/mol. The van der Waals surface area contributed by atoms with Crippen LogP contribution >= 0.6 is 0 Å². The fourth-order valence-corrected chi connectivity index (χ4v) is 3.30. The van der Waals surface area contributed by atoms with Crippen molar-refractivity contribution in [2.45, 2.75) is 39.8 Å². The highest BCUT2D eigenvalue weighted by Gasteiger charge is 2.16. The van der Waals surface area contributed by atoms with Gasteiger partial charge in [0, 0.05) is 13.1 Å². The van der Waals surface area contributed by atoms with Gasteiger partial charge < -0.3 is 19.9 Å². The number of aromatic amines is 1. The third kappa shape index (κ3) is 3.68. The van der Waals surface area contributed by atoms with Crippen molar-refractivity contribution in [3.05, 3.63) is 50.4 Å². The fourth-order valence-electron chi connectivity index (χ4n) is 3.30. The van der Waals surface area contributed by atoms with Crippen LogP contribution in [0.2, 0.25) is 0 Å². The molecule has 0 fully saturated rings. The molecule has 9 heteroatoms. The number of hydrogen-bond acceptors (Lipinski definition) is 5. The van der Waals surface area contributed by atoms with Crippen molar-refractivity contribution in [1.29, 1.82) is 0 Å². The Kier molecular flexibility index (Phi) is 5.88. The highest BCUT2D eigenvalue weighted by Crippen LogP contribution is 2.32. The summed E-state index contributed by atoms with van der Waals surface area (Å²) in [5.74, 6) is 1.94. The van der Waals surface area contributed by atoms with Crippen molar-refractivity contribution in [3.63, 3.8) is 0 Å². The number of fused-ring (bicyclic) bond motifs is 2. The predicted molar refractivity (Wildman–Crippen MR) is 110 cm³/mol. The number of imidazole rings is 1. The molecule has 154 valence electrons. The van der Waals surface area contributed by atoms with Crippen molar-refractivity contribution in [2.24, 2.45) is 0 Å². The maximum atomic E-state index is 12.7. The van der Waals surface area contributed by atoms with E-state index in [0.29, 0.717) is 42.2 Å². The van der Waals surface area contributed by atoms with Gasteiger partial charge in [-0.3, -0.25) is 13.9 Å². The summed E-state index contributed by atoms with van der Waals surface area (Å²) >= 11 is 0. The van der Waals surface area contributed by atoms with Gasteiger partial charge in [-0.1, -0.05) is 26.0 Å². The lowest BCUT2D eigenvalue weighted by atomic mass is 10.2. The molecule has 0 saturated heterocycles. The summed E-state index contributed by atoms with van der Waals surface area (Å²) in [6.45, 7) is 5.05. The standard InChI is InChI=1S/C20H22N4O4.H2O/c1-3-9-23-18-17(19(25)24(10-4-2)20(23)26)21-16(22-18)8-6-13-5-7-14-15(11-13)28-12-27-14;/h5-8,11H,3-4,9-10,12H2,1-2H3,(H,21,22);1H2/b8-6+;. The van der Waals surface area contributed by atoms with Crippen molar-refractivity contribution >= 4 is 23.3 Å². The number of nitrogens with zero attached hydrogens (tertiary/aromatic N) is 3. The summed E-state index contributed by atoms with van der Waals surface area (Å²) in [7, 11) is 0. The first kappa shape index (κ1) is 20.4. The van der Waals surface area contributed by atoms with Crippen LogP contribution in [0, 0.1) is 0 Å². The lowest BCUT2D eigenvalue weighted by molar-refractivity contribution is 0.174. The topological polar surface area (TPSA) is 123 Å². The third-order valence-electron chi connectivity index (χ3n) is 4.60. The van der Waals surface area contributed by atoms with Gasteiger partial charge >= 0.3 is 5.69 Å². The SMILES string of the molecule is CCCn1c(=O)c2[nH]c(/C=C/c3ccc4c(c3)OCO4)nc2n(CCC)c1=O.O. The lowest BCUT2D eigenvalue weighted by Gasteiger charge is -2.09. The van der Waals surface area contributed by atoms with E-state index in [0.717, 1.165) is 17.7 Å². The van der Waals surface area contributed by atoms with Crippen molar-refractivity contribution in [3.8, 4) is 11.5 Å². The van der Waals surface area contributed by atoms with E-state index < -0.39 is 0 Å². The van der Waals surface area contributed by atoms with E-state index in [4.69, 9.17) is 9.47 Å². The minimum Gasteiger partial charge on any atom is -0.454 e. The molecule has 0 saturated carbocycles. The Hall–Kier alpha value is -3.33. The van der Waals surface area contributed by atoms with Crippen LogP contribution in [0.1, 0.15) is 38.1 Å². The molecule has 3 N–H and O–H groups in total. The molecule has 2 aromatic heterocycles. The van der Waals surface area contributed by atoms with Crippen LogP contribution in [0.25, 0.3) is 23.3 Å². The predicted octanol–water partition coefficient (Wildman–Crippen LogP) is 1.78. The highest BCUT2D eigenvalue weighted by molar-refractivity contribution is 5.76. The van der Waals surface area contributed by atoms with Crippen molar-refractivity contribution in [2.75, 3.05) is 6.79 Å². The first-order chi connectivity index (χ1) is 13.6. The zero-order valence-corrected chi connectivity index (χ0v) is 16.4. The summed E-state index contributed by atoms with van der Waals surface area (Å²) in [5, 5.41) is 0. The number of aryl methyl sites for hydroxylation is 1. The zero-order chi connectivity index (χ0) is 19.7. The molecule has 0 radical (unpaired) electrons. The molecule has 3 heterocycles. The molecule has 1 aliphatic rings. The van der Waals surface area contributed by atoms with Crippen LogP contribution in [0.15, 0.2) is 27.8 Å². The van der Waals surface area contributed by atoms with E-state index in [9.17, 15) is 9.59 Å². The second-order valence-corrected chi connectivity index (χ2v) is 6.66. The molecule has 0 bridgehead atoms. The summed E-state index contributed by atoms with van der Waals surface area (Å²) in [5.41, 5.74) is 1.03. The monoisotopic (exact) mass is 400 g/mol. The van der Waals surface area contributed by atoms with Gasteiger partial charge in [-0.15, -0.1) is 0 Å². The first-order valence-corrected chi connectivity index (χ1v) is 9.43. The normalized spacial score (nSPS) is 12.6. The van der Waals surface area contributed by atoms with Gasteiger partial charge in [-0.25, -0.2) is 9.78 Å². The van der Waals surface area contributed by atoms with Crippen LogP contribution in [0.4, 0.5) is 0 Å². The van der Waals surface area contributed by atoms with Gasteiger partial charge in [0.05, 0.1) is 0 Å². The van der Waals surface area contributed by atoms with Crippen LogP contribution in [0.5, 0.6) is 11.5 Å². The number of benzene rings is 1. The number of hydrogen-bond donors (Lipinski definition) is 1. The second-order valence-electron chi connectivity index (χ2n) is 6.66. The molecule has 29 heavy (non-hydrogen) atoms. The van der Waals surface area contributed by atoms with Gasteiger partial charge in [-0.2, -0.15) is 0 Å². The van der Waals surface area contributed by atoms with Gasteiger partial charge in [0.2, 0.25) is 6.79 Å². The lowest BCUT2D eigenvalue weighted by Crippen LogP contribution is -2.40. The fraction of sp³-hybridized carbons (Fsp3) is 0.350. The molecule has 1 aliphatic heterocycles. The van der Waals surface area contributed by atoms with Gasteiger partial charge in [0.1, 0.15) is 11.3 Å². The van der Waals surface area contributed by atoms with E-state index in [1.165, 1.54) is 4.57 Å². The summed E-state index contributed by atoms with van der Waals surface area (Å²) in [4.78, 5) is 33.0. The zero-order valence-electron chi connectivity index (χ0n) is 16.4. The summed E-state index contributed by atoms with van der Waals surface area (Å²) in [6.07, 6.45) is 5.13. The van der Waals surface area contributed by atoms with Crippen molar-refractivity contribution in [1.82, 2.24) is 19.1 Å². The Balaban J connectivity index is 0.00000240. The van der Waals surface area contributed by atoms with Crippen LogP contribution in [-0.2, 0) is 13.1 Å².